The Balaban J connectivity index is 1.13. The highest BCUT2D eigenvalue weighted by Gasteiger charge is 2.28. The number of nitrogens with one attached hydrogen (secondary N) is 1. The molecule has 2 amide bonds. The molecule has 0 unspecified atom stereocenters. The summed E-state index contributed by atoms with van der Waals surface area (Å²) < 4.78 is 1.99. The number of aromatic nitrogens is 3. The third kappa shape index (κ3) is 5.63. The number of likely N-dealkylation sites (tertiary alicyclic amines) is 2. The third-order valence-electron chi connectivity index (χ3n) is 8.34. The summed E-state index contributed by atoms with van der Waals surface area (Å²) in [5.41, 5.74) is 4.18. The molecule has 2 aromatic carbocycles. The van der Waals surface area contributed by atoms with Gasteiger partial charge in [-0.2, -0.15) is 5.10 Å². The molecular weight excluding hydrogens is 500 g/mol. The highest BCUT2D eigenvalue weighted by molar-refractivity contribution is 5.96. The second-order valence-electron chi connectivity index (χ2n) is 11.0. The van der Waals surface area contributed by atoms with E-state index < -0.39 is 0 Å². The number of piperidine rings is 2. The van der Waals surface area contributed by atoms with Crippen LogP contribution >= 0.6 is 0 Å². The molecule has 206 valence electrons. The van der Waals surface area contributed by atoms with Crippen molar-refractivity contribution in [1.82, 2.24) is 24.6 Å². The van der Waals surface area contributed by atoms with Crippen molar-refractivity contribution in [2.45, 2.75) is 38.6 Å². The Kier molecular flexibility index (Phi) is 7.60. The van der Waals surface area contributed by atoms with Gasteiger partial charge in [-0.15, -0.1) is 0 Å². The van der Waals surface area contributed by atoms with Crippen LogP contribution in [0.4, 0.5) is 5.82 Å². The van der Waals surface area contributed by atoms with Gasteiger partial charge in [-0.05, 0) is 74.0 Å². The number of anilines is 1. The van der Waals surface area contributed by atoms with E-state index in [4.69, 9.17) is 0 Å². The van der Waals surface area contributed by atoms with Gasteiger partial charge in [0.2, 0.25) is 5.91 Å². The van der Waals surface area contributed by atoms with Gasteiger partial charge >= 0.3 is 0 Å². The Morgan fingerprint density at radius 1 is 0.900 bits per heavy atom. The van der Waals surface area contributed by atoms with Crippen molar-refractivity contribution in [1.29, 1.82) is 0 Å². The van der Waals surface area contributed by atoms with E-state index in [2.05, 4.69) is 38.5 Å². The lowest BCUT2D eigenvalue weighted by Gasteiger charge is -2.31. The van der Waals surface area contributed by atoms with E-state index in [1.54, 1.807) is 0 Å². The van der Waals surface area contributed by atoms with Crippen molar-refractivity contribution in [3.8, 4) is 11.1 Å². The molecule has 2 aromatic heterocycles. The van der Waals surface area contributed by atoms with Gasteiger partial charge in [0.25, 0.3) is 5.91 Å². The molecule has 6 rings (SSSR count). The predicted molar refractivity (Wildman–Crippen MR) is 157 cm³/mol. The number of amides is 2. The molecule has 0 atom stereocenters. The van der Waals surface area contributed by atoms with Crippen LogP contribution in [-0.4, -0.2) is 62.6 Å². The number of carbonyl (C=O) groups excluding carboxylic acids is 2. The number of nitrogens with zero attached hydrogens (tertiary/aromatic N) is 5. The first-order valence-corrected chi connectivity index (χ1v) is 14.3. The smallest absolute Gasteiger partial charge is 0.253 e. The van der Waals surface area contributed by atoms with Gasteiger partial charge in [0.1, 0.15) is 5.82 Å². The third-order valence-corrected chi connectivity index (χ3v) is 8.34. The molecule has 0 saturated carbocycles. The van der Waals surface area contributed by atoms with Crippen molar-refractivity contribution in [2.75, 3.05) is 31.5 Å². The topological polar surface area (TPSA) is 83.4 Å². The maximum Gasteiger partial charge on any atom is 0.253 e. The fraction of sp³-hybridized carbons (Fsp3) is 0.375. The van der Waals surface area contributed by atoms with E-state index in [1.807, 2.05) is 65.4 Å². The number of rotatable bonds is 6. The maximum absolute atomic E-state index is 13.1. The molecular formula is C32H36N6O2. The zero-order chi connectivity index (χ0) is 27.5. The molecule has 2 aliphatic rings. The van der Waals surface area contributed by atoms with Gasteiger partial charge in [0.15, 0.2) is 0 Å². The van der Waals surface area contributed by atoms with E-state index in [0.29, 0.717) is 37.3 Å². The fourth-order valence-electron chi connectivity index (χ4n) is 5.93. The van der Waals surface area contributed by atoms with Crippen LogP contribution in [-0.2, 0) is 18.4 Å². The highest BCUT2D eigenvalue weighted by Crippen LogP contribution is 2.29. The summed E-state index contributed by atoms with van der Waals surface area (Å²) in [5.74, 6) is 0.401. The molecule has 2 aliphatic heterocycles. The van der Waals surface area contributed by atoms with E-state index >= 15 is 0 Å². The zero-order valence-electron chi connectivity index (χ0n) is 23.1. The van der Waals surface area contributed by atoms with Crippen LogP contribution in [0.2, 0.25) is 0 Å². The van der Waals surface area contributed by atoms with Crippen LogP contribution in [0.1, 0.15) is 48.2 Å². The summed E-state index contributed by atoms with van der Waals surface area (Å²) in [6.07, 6.45) is 8.89. The molecule has 2 fully saturated rings. The minimum absolute atomic E-state index is 0.0270. The number of aryl methyl sites for hydroxylation is 1. The first-order chi connectivity index (χ1) is 19.5. The fourth-order valence-corrected chi connectivity index (χ4v) is 5.93. The Morgan fingerprint density at radius 3 is 2.45 bits per heavy atom. The van der Waals surface area contributed by atoms with Gasteiger partial charge in [-0.25, -0.2) is 4.98 Å². The highest BCUT2D eigenvalue weighted by atomic mass is 16.2. The SMILES string of the molecule is Cn1ncc(-c2ccc3cnc(NC(=O)C4CCN(C(=O)c5ccccc5)CC4)cc3c2)c1CN1CCCCC1. The van der Waals surface area contributed by atoms with Crippen LogP contribution in [0.5, 0.6) is 0 Å². The Labute approximate surface area is 235 Å². The predicted octanol–water partition coefficient (Wildman–Crippen LogP) is 5.11. The summed E-state index contributed by atoms with van der Waals surface area (Å²) in [7, 11) is 2.02. The molecule has 0 bridgehead atoms. The summed E-state index contributed by atoms with van der Waals surface area (Å²) in [6, 6.07) is 17.6. The average molecular weight is 537 g/mol. The normalized spacial score (nSPS) is 16.8. The van der Waals surface area contributed by atoms with Crippen molar-refractivity contribution in [3.63, 3.8) is 0 Å². The van der Waals surface area contributed by atoms with Crippen LogP contribution < -0.4 is 5.32 Å². The standard InChI is InChI=1S/C32H36N6O2/c1-36-29(22-37-14-6-3-7-15-37)28(21-34-36)25-10-11-26-20-33-30(19-27(26)18-25)35-31(39)23-12-16-38(17-13-23)32(40)24-8-4-2-5-9-24/h2,4-5,8-11,18-21,23H,3,6-7,12-17,22H2,1H3,(H,33,35,39). The summed E-state index contributed by atoms with van der Waals surface area (Å²) >= 11 is 0. The van der Waals surface area contributed by atoms with Crippen LogP contribution in [0.3, 0.4) is 0 Å². The first-order valence-electron chi connectivity index (χ1n) is 14.3. The van der Waals surface area contributed by atoms with Crippen molar-refractivity contribution in [3.05, 3.63) is 78.2 Å². The number of hydrogen-bond donors (Lipinski definition) is 1. The lowest BCUT2D eigenvalue weighted by molar-refractivity contribution is -0.121. The quantitative estimate of drug-likeness (QED) is 0.370. The lowest BCUT2D eigenvalue weighted by Crippen LogP contribution is -2.41. The summed E-state index contributed by atoms with van der Waals surface area (Å²) in [4.78, 5) is 34.7. The van der Waals surface area contributed by atoms with Crippen LogP contribution in [0, 0.1) is 5.92 Å². The number of hydrogen-bond acceptors (Lipinski definition) is 5. The molecule has 4 heterocycles. The number of fused-ring (bicyclic) bond motifs is 1. The average Bonchev–Trinajstić information content (AvgIpc) is 3.37. The largest absolute Gasteiger partial charge is 0.339 e. The second-order valence-corrected chi connectivity index (χ2v) is 11.0. The molecule has 1 N–H and O–H groups in total. The van der Waals surface area contributed by atoms with Crippen molar-refractivity contribution < 1.29 is 9.59 Å². The monoisotopic (exact) mass is 536 g/mol. The van der Waals surface area contributed by atoms with E-state index in [-0.39, 0.29) is 17.7 Å². The number of pyridine rings is 1. The molecule has 40 heavy (non-hydrogen) atoms. The molecule has 0 spiro atoms. The zero-order valence-corrected chi connectivity index (χ0v) is 23.1. The molecule has 0 aliphatic carbocycles. The molecule has 0 radical (unpaired) electrons. The van der Waals surface area contributed by atoms with Crippen LogP contribution in [0.25, 0.3) is 21.9 Å². The molecule has 8 heteroatoms. The van der Waals surface area contributed by atoms with E-state index in [9.17, 15) is 9.59 Å². The number of benzene rings is 2. The van der Waals surface area contributed by atoms with Crippen molar-refractivity contribution in [2.24, 2.45) is 13.0 Å². The van der Waals surface area contributed by atoms with Crippen LogP contribution in [0.15, 0.2) is 67.0 Å². The molecule has 4 aromatic rings. The number of carbonyl (C=O) groups is 2. The minimum Gasteiger partial charge on any atom is -0.339 e. The van der Waals surface area contributed by atoms with Gasteiger partial charge in [0.05, 0.1) is 11.9 Å². The Hall–Kier alpha value is -4.04. The van der Waals surface area contributed by atoms with Gasteiger partial charge in [-0.3, -0.25) is 19.2 Å². The maximum atomic E-state index is 13.1. The van der Waals surface area contributed by atoms with Crippen molar-refractivity contribution >= 4 is 28.4 Å². The second kappa shape index (κ2) is 11.6. The van der Waals surface area contributed by atoms with Gasteiger partial charge in [-0.1, -0.05) is 36.8 Å². The first kappa shape index (κ1) is 26.2. The summed E-state index contributed by atoms with van der Waals surface area (Å²) in [5, 5.41) is 9.66. The molecule has 8 nitrogen and oxygen atoms in total. The van der Waals surface area contributed by atoms with E-state index in [1.165, 1.54) is 25.0 Å². The lowest BCUT2D eigenvalue weighted by atomic mass is 9.95. The van der Waals surface area contributed by atoms with E-state index in [0.717, 1.165) is 41.5 Å². The Bertz CT molecular complexity index is 1500. The summed E-state index contributed by atoms with van der Waals surface area (Å²) in [6.45, 7) is 4.33. The molecule has 2 saturated heterocycles. The Morgan fingerprint density at radius 2 is 1.68 bits per heavy atom. The van der Waals surface area contributed by atoms with Gasteiger partial charge in [0, 0.05) is 55.3 Å². The minimum atomic E-state index is -0.142. The van der Waals surface area contributed by atoms with Gasteiger partial charge < -0.3 is 10.2 Å².